The van der Waals surface area contributed by atoms with Gasteiger partial charge in [-0.3, -0.25) is 9.59 Å². The Bertz CT molecular complexity index is 924. The van der Waals surface area contributed by atoms with Crippen molar-refractivity contribution in [1.82, 2.24) is 9.80 Å². The van der Waals surface area contributed by atoms with E-state index in [1.54, 1.807) is 24.3 Å². The smallest absolute Gasteiger partial charge is 0.254 e. The molecule has 2 aliphatic heterocycles. The van der Waals surface area contributed by atoms with E-state index in [4.69, 9.17) is 10.5 Å². The van der Waals surface area contributed by atoms with Gasteiger partial charge in [0.1, 0.15) is 12.4 Å². The first-order valence-electron chi connectivity index (χ1n) is 11.3. The lowest BCUT2D eigenvalue weighted by Gasteiger charge is -2.33. The number of benzene rings is 2. The summed E-state index contributed by atoms with van der Waals surface area (Å²) in [7, 11) is 0. The van der Waals surface area contributed by atoms with Crippen molar-refractivity contribution in [2.24, 2.45) is 5.73 Å². The van der Waals surface area contributed by atoms with Gasteiger partial charge in [0.2, 0.25) is 0 Å². The minimum absolute atomic E-state index is 0.0962. The Morgan fingerprint density at radius 3 is 2.58 bits per heavy atom. The van der Waals surface area contributed by atoms with Crippen LogP contribution >= 0.6 is 0 Å². The van der Waals surface area contributed by atoms with Crippen LogP contribution in [-0.4, -0.2) is 53.8 Å². The average molecular weight is 422 g/mol. The number of ether oxygens (including phenoxy) is 1. The number of likely N-dealkylation sites (tertiary alicyclic amines) is 2. The van der Waals surface area contributed by atoms with Gasteiger partial charge in [-0.15, -0.1) is 0 Å². The zero-order chi connectivity index (χ0) is 21.6. The second kappa shape index (κ2) is 9.96. The molecule has 2 heterocycles. The van der Waals surface area contributed by atoms with Crippen LogP contribution in [-0.2, 0) is 6.61 Å². The maximum atomic E-state index is 13.3. The molecule has 6 nitrogen and oxygen atoms in total. The van der Waals surface area contributed by atoms with Crippen molar-refractivity contribution < 1.29 is 14.3 Å². The lowest BCUT2D eigenvalue weighted by molar-refractivity contribution is 0.0690. The Hall–Kier alpha value is -2.86. The fourth-order valence-electron chi connectivity index (χ4n) is 4.65. The van der Waals surface area contributed by atoms with Gasteiger partial charge in [0.05, 0.1) is 5.56 Å². The van der Waals surface area contributed by atoms with Crippen LogP contribution in [0.25, 0.3) is 0 Å². The molecule has 1 unspecified atom stereocenters. The van der Waals surface area contributed by atoms with E-state index >= 15 is 0 Å². The van der Waals surface area contributed by atoms with Crippen molar-refractivity contribution in [3.05, 3.63) is 65.2 Å². The number of hydrogen-bond donors (Lipinski definition) is 1. The molecule has 1 atom stereocenters. The number of carbonyl (C=O) groups is 2. The number of carbonyl (C=O) groups excluding carboxylic acids is 2. The molecule has 0 radical (unpaired) electrons. The van der Waals surface area contributed by atoms with Crippen LogP contribution in [0.5, 0.6) is 5.75 Å². The van der Waals surface area contributed by atoms with E-state index < -0.39 is 5.91 Å². The van der Waals surface area contributed by atoms with Crippen LogP contribution in [0.3, 0.4) is 0 Å². The third kappa shape index (κ3) is 5.25. The first kappa shape index (κ1) is 21.4. The number of amides is 2. The number of nitrogens with zero attached hydrogens (tertiary/aromatic N) is 2. The van der Waals surface area contributed by atoms with Crippen LogP contribution in [0.4, 0.5) is 0 Å². The molecule has 6 heteroatoms. The molecule has 2 aromatic carbocycles. The van der Waals surface area contributed by atoms with Crippen molar-refractivity contribution in [2.75, 3.05) is 26.2 Å². The minimum Gasteiger partial charge on any atom is -0.488 e. The highest BCUT2D eigenvalue weighted by molar-refractivity contribution is 5.95. The van der Waals surface area contributed by atoms with Crippen LogP contribution in [0.1, 0.15) is 58.4 Å². The normalized spacial score (nSPS) is 19.4. The topological polar surface area (TPSA) is 75.9 Å². The van der Waals surface area contributed by atoms with Gasteiger partial charge in [0.15, 0.2) is 0 Å². The summed E-state index contributed by atoms with van der Waals surface area (Å²) in [4.78, 5) is 29.4. The van der Waals surface area contributed by atoms with Gasteiger partial charge in [-0.05, 0) is 68.6 Å². The summed E-state index contributed by atoms with van der Waals surface area (Å²) in [6, 6.07) is 14.8. The van der Waals surface area contributed by atoms with E-state index in [0.717, 1.165) is 44.6 Å². The molecule has 0 bridgehead atoms. The third-order valence-corrected chi connectivity index (χ3v) is 6.28. The van der Waals surface area contributed by atoms with Crippen LogP contribution in [0, 0.1) is 0 Å². The zero-order valence-electron chi connectivity index (χ0n) is 18.0. The number of hydrogen-bond acceptors (Lipinski definition) is 4. The Balaban J connectivity index is 1.41. The van der Waals surface area contributed by atoms with Gasteiger partial charge < -0.3 is 20.3 Å². The molecule has 164 valence electrons. The lowest BCUT2D eigenvalue weighted by atomic mass is 10.1. The summed E-state index contributed by atoms with van der Waals surface area (Å²) >= 11 is 0. The molecular formula is C25H31N3O3. The highest BCUT2D eigenvalue weighted by Gasteiger charge is 2.31. The van der Waals surface area contributed by atoms with Gasteiger partial charge in [-0.25, -0.2) is 0 Å². The maximum absolute atomic E-state index is 13.3. The number of piperidine rings is 1. The standard InChI is InChI=1S/C25H31N3O3/c26-24(29)22-11-2-3-12-23(22)31-18-19-8-6-9-20(16-19)25(30)28-15-7-10-21(28)17-27-13-4-1-5-14-27/h2-3,6,8-9,11-12,16,21H,1,4-5,7,10,13-15,17-18H2,(H2,26,29). The molecule has 31 heavy (non-hydrogen) atoms. The Kier molecular flexibility index (Phi) is 6.87. The van der Waals surface area contributed by atoms with Crippen molar-refractivity contribution in [1.29, 1.82) is 0 Å². The Morgan fingerprint density at radius 1 is 0.968 bits per heavy atom. The quantitative estimate of drug-likeness (QED) is 0.743. The minimum atomic E-state index is -0.520. The van der Waals surface area contributed by atoms with E-state index in [0.29, 0.717) is 22.9 Å². The van der Waals surface area contributed by atoms with E-state index in [1.165, 1.54) is 19.3 Å². The molecular weight excluding hydrogens is 390 g/mol. The summed E-state index contributed by atoms with van der Waals surface area (Å²) < 4.78 is 5.83. The monoisotopic (exact) mass is 421 g/mol. The molecule has 2 aromatic rings. The Morgan fingerprint density at radius 2 is 1.77 bits per heavy atom. The van der Waals surface area contributed by atoms with Crippen molar-refractivity contribution in [3.8, 4) is 5.75 Å². The van der Waals surface area contributed by atoms with Gasteiger partial charge in [0, 0.05) is 24.7 Å². The summed E-state index contributed by atoms with van der Waals surface area (Å²) in [6.45, 7) is 4.38. The molecule has 0 spiro atoms. The molecule has 4 rings (SSSR count). The number of rotatable bonds is 7. The summed E-state index contributed by atoms with van der Waals surface area (Å²) in [6.07, 6.45) is 6.00. The van der Waals surface area contributed by atoms with E-state index in [2.05, 4.69) is 9.80 Å². The third-order valence-electron chi connectivity index (χ3n) is 6.28. The van der Waals surface area contributed by atoms with Crippen LogP contribution in [0.2, 0.25) is 0 Å². The first-order valence-corrected chi connectivity index (χ1v) is 11.3. The second-order valence-electron chi connectivity index (χ2n) is 8.51. The molecule has 2 aliphatic rings. The molecule has 0 saturated carbocycles. The second-order valence-corrected chi connectivity index (χ2v) is 8.51. The molecule has 0 aromatic heterocycles. The fourth-order valence-corrected chi connectivity index (χ4v) is 4.65. The van der Waals surface area contributed by atoms with Crippen molar-refractivity contribution in [2.45, 2.75) is 44.8 Å². The maximum Gasteiger partial charge on any atom is 0.254 e. The molecule has 2 amide bonds. The molecule has 0 aliphatic carbocycles. The predicted octanol–water partition coefficient (Wildman–Crippen LogP) is 3.46. The highest BCUT2D eigenvalue weighted by atomic mass is 16.5. The summed E-state index contributed by atoms with van der Waals surface area (Å²) in [5.41, 5.74) is 7.35. The lowest BCUT2D eigenvalue weighted by Crippen LogP contribution is -2.44. The molecule has 2 saturated heterocycles. The zero-order valence-corrected chi connectivity index (χ0v) is 18.0. The largest absolute Gasteiger partial charge is 0.488 e. The van der Waals surface area contributed by atoms with E-state index in [1.807, 2.05) is 24.3 Å². The average Bonchev–Trinajstić information content (AvgIpc) is 3.26. The van der Waals surface area contributed by atoms with Crippen molar-refractivity contribution in [3.63, 3.8) is 0 Å². The first-order chi connectivity index (χ1) is 15.1. The van der Waals surface area contributed by atoms with Gasteiger partial charge in [-0.1, -0.05) is 30.7 Å². The predicted molar refractivity (Wildman–Crippen MR) is 120 cm³/mol. The number of para-hydroxylation sites is 1. The summed E-state index contributed by atoms with van der Waals surface area (Å²) in [5.74, 6) is 0.0278. The van der Waals surface area contributed by atoms with E-state index in [9.17, 15) is 9.59 Å². The van der Waals surface area contributed by atoms with Crippen LogP contribution < -0.4 is 10.5 Å². The van der Waals surface area contributed by atoms with Crippen LogP contribution in [0.15, 0.2) is 48.5 Å². The highest BCUT2D eigenvalue weighted by Crippen LogP contribution is 2.24. The summed E-state index contributed by atoms with van der Waals surface area (Å²) in [5, 5.41) is 0. The van der Waals surface area contributed by atoms with Gasteiger partial charge >= 0.3 is 0 Å². The fraction of sp³-hybridized carbons (Fsp3) is 0.440. The molecule has 2 N–H and O–H groups in total. The molecule has 2 fully saturated rings. The number of primary amides is 1. The van der Waals surface area contributed by atoms with Gasteiger partial charge in [-0.2, -0.15) is 0 Å². The Labute approximate surface area is 184 Å². The van der Waals surface area contributed by atoms with Crippen molar-refractivity contribution >= 4 is 11.8 Å². The number of nitrogens with two attached hydrogens (primary N) is 1. The SMILES string of the molecule is NC(=O)c1ccccc1OCc1cccc(C(=O)N2CCCC2CN2CCCCC2)c1. The van der Waals surface area contributed by atoms with Gasteiger partial charge in [0.25, 0.3) is 11.8 Å². The van der Waals surface area contributed by atoms with E-state index in [-0.39, 0.29) is 12.5 Å².